The SMILES string of the molecule is CC(C)(c1ccccc1)c1noc(CCN)n1. The van der Waals surface area contributed by atoms with E-state index in [9.17, 15) is 0 Å². The second kappa shape index (κ2) is 4.67. The van der Waals surface area contributed by atoms with Crippen LogP contribution >= 0.6 is 0 Å². The van der Waals surface area contributed by atoms with Crippen LogP contribution in [0.5, 0.6) is 0 Å². The van der Waals surface area contributed by atoms with Crippen LogP contribution in [-0.4, -0.2) is 16.7 Å². The first-order valence-electron chi connectivity index (χ1n) is 5.73. The van der Waals surface area contributed by atoms with E-state index in [0.717, 1.165) is 0 Å². The van der Waals surface area contributed by atoms with E-state index >= 15 is 0 Å². The maximum absolute atomic E-state index is 5.46. The monoisotopic (exact) mass is 231 g/mol. The van der Waals surface area contributed by atoms with Crippen LogP contribution < -0.4 is 5.73 Å². The van der Waals surface area contributed by atoms with Gasteiger partial charge in [0.15, 0.2) is 5.82 Å². The number of benzene rings is 1. The van der Waals surface area contributed by atoms with Crippen molar-refractivity contribution in [2.75, 3.05) is 6.54 Å². The fourth-order valence-electron chi connectivity index (χ4n) is 1.72. The molecule has 0 radical (unpaired) electrons. The summed E-state index contributed by atoms with van der Waals surface area (Å²) in [5.41, 5.74) is 6.38. The molecule has 2 aromatic rings. The van der Waals surface area contributed by atoms with E-state index in [1.807, 2.05) is 18.2 Å². The molecule has 0 amide bonds. The Hall–Kier alpha value is -1.68. The van der Waals surface area contributed by atoms with Crippen LogP contribution in [0, 0.1) is 0 Å². The molecule has 2 rings (SSSR count). The van der Waals surface area contributed by atoms with E-state index in [0.29, 0.717) is 24.7 Å². The molecular formula is C13H17N3O. The highest BCUT2D eigenvalue weighted by Crippen LogP contribution is 2.28. The van der Waals surface area contributed by atoms with E-state index in [2.05, 4.69) is 36.1 Å². The van der Waals surface area contributed by atoms with Crippen molar-refractivity contribution in [3.05, 3.63) is 47.6 Å². The first kappa shape index (κ1) is 11.8. The highest BCUT2D eigenvalue weighted by Gasteiger charge is 2.28. The highest BCUT2D eigenvalue weighted by molar-refractivity contribution is 5.30. The zero-order valence-electron chi connectivity index (χ0n) is 10.2. The minimum absolute atomic E-state index is 0.252. The maximum Gasteiger partial charge on any atom is 0.227 e. The van der Waals surface area contributed by atoms with Crippen LogP contribution in [0.3, 0.4) is 0 Å². The van der Waals surface area contributed by atoms with E-state index in [4.69, 9.17) is 10.3 Å². The van der Waals surface area contributed by atoms with Crippen molar-refractivity contribution in [1.29, 1.82) is 0 Å². The number of hydrogen-bond donors (Lipinski definition) is 1. The summed E-state index contributed by atoms with van der Waals surface area (Å²) in [6.45, 7) is 4.69. The molecule has 2 N–H and O–H groups in total. The summed E-state index contributed by atoms with van der Waals surface area (Å²) in [5, 5.41) is 4.04. The van der Waals surface area contributed by atoms with Gasteiger partial charge in [-0.05, 0) is 19.4 Å². The largest absolute Gasteiger partial charge is 0.339 e. The Morgan fingerprint density at radius 3 is 2.59 bits per heavy atom. The number of rotatable bonds is 4. The molecule has 4 heteroatoms. The van der Waals surface area contributed by atoms with Crippen molar-refractivity contribution >= 4 is 0 Å². The molecule has 4 nitrogen and oxygen atoms in total. The Morgan fingerprint density at radius 1 is 1.24 bits per heavy atom. The van der Waals surface area contributed by atoms with Gasteiger partial charge in [-0.2, -0.15) is 4.98 Å². The predicted octanol–water partition coefficient (Wildman–Crippen LogP) is 1.90. The Bertz CT molecular complexity index is 476. The second-order valence-corrected chi connectivity index (χ2v) is 4.54. The first-order chi connectivity index (χ1) is 8.14. The van der Waals surface area contributed by atoms with Crippen molar-refractivity contribution in [3.63, 3.8) is 0 Å². The van der Waals surface area contributed by atoms with Gasteiger partial charge in [0, 0.05) is 13.0 Å². The summed E-state index contributed by atoms with van der Waals surface area (Å²) in [4.78, 5) is 4.39. The predicted molar refractivity (Wildman–Crippen MR) is 65.6 cm³/mol. The third-order valence-corrected chi connectivity index (χ3v) is 2.88. The van der Waals surface area contributed by atoms with Crippen molar-refractivity contribution in [2.45, 2.75) is 25.7 Å². The summed E-state index contributed by atoms with van der Waals surface area (Å²) < 4.78 is 5.17. The molecule has 0 saturated heterocycles. The van der Waals surface area contributed by atoms with E-state index < -0.39 is 0 Å². The molecule has 0 aliphatic heterocycles. The Kier molecular flexibility index (Phi) is 3.24. The van der Waals surface area contributed by atoms with Crippen molar-refractivity contribution in [1.82, 2.24) is 10.1 Å². The Morgan fingerprint density at radius 2 is 1.94 bits per heavy atom. The van der Waals surface area contributed by atoms with Crippen molar-refractivity contribution in [2.24, 2.45) is 5.73 Å². The average molecular weight is 231 g/mol. The van der Waals surface area contributed by atoms with Gasteiger partial charge < -0.3 is 10.3 Å². The molecule has 0 spiro atoms. The average Bonchev–Trinajstić information content (AvgIpc) is 2.80. The van der Waals surface area contributed by atoms with Crippen LogP contribution in [0.4, 0.5) is 0 Å². The molecule has 0 unspecified atom stereocenters. The fourth-order valence-corrected chi connectivity index (χ4v) is 1.72. The van der Waals surface area contributed by atoms with Gasteiger partial charge in [0.05, 0.1) is 5.41 Å². The minimum Gasteiger partial charge on any atom is -0.339 e. The topological polar surface area (TPSA) is 64.9 Å². The molecule has 0 bridgehead atoms. The van der Waals surface area contributed by atoms with Crippen LogP contribution in [0.15, 0.2) is 34.9 Å². The van der Waals surface area contributed by atoms with Crippen LogP contribution in [0.25, 0.3) is 0 Å². The van der Waals surface area contributed by atoms with Gasteiger partial charge in [-0.3, -0.25) is 0 Å². The number of hydrogen-bond acceptors (Lipinski definition) is 4. The zero-order chi connectivity index (χ0) is 12.3. The van der Waals surface area contributed by atoms with Crippen LogP contribution in [0.2, 0.25) is 0 Å². The molecule has 1 aromatic heterocycles. The van der Waals surface area contributed by atoms with Gasteiger partial charge in [-0.25, -0.2) is 0 Å². The second-order valence-electron chi connectivity index (χ2n) is 4.54. The molecule has 0 aliphatic carbocycles. The first-order valence-corrected chi connectivity index (χ1v) is 5.73. The summed E-state index contributed by atoms with van der Waals surface area (Å²) in [5.74, 6) is 1.30. The van der Waals surface area contributed by atoms with Gasteiger partial charge >= 0.3 is 0 Å². The molecule has 0 fully saturated rings. The molecule has 90 valence electrons. The lowest BCUT2D eigenvalue weighted by Crippen LogP contribution is -2.20. The lowest BCUT2D eigenvalue weighted by molar-refractivity contribution is 0.367. The smallest absolute Gasteiger partial charge is 0.227 e. The number of nitrogens with two attached hydrogens (primary N) is 1. The van der Waals surface area contributed by atoms with Gasteiger partial charge in [0.2, 0.25) is 5.89 Å². The van der Waals surface area contributed by atoms with Crippen molar-refractivity contribution < 1.29 is 4.52 Å². The number of aromatic nitrogens is 2. The zero-order valence-corrected chi connectivity index (χ0v) is 10.2. The van der Waals surface area contributed by atoms with Gasteiger partial charge in [-0.15, -0.1) is 0 Å². The van der Waals surface area contributed by atoms with E-state index in [-0.39, 0.29) is 5.41 Å². The summed E-state index contributed by atoms with van der Waals surface area (Å²) >= 11 is 0. The molecule has 0 aliphatic rings. The molecule has 1 aromatic carbocycles. The highest BCUT2D eigenvalue weighted by atomic mass is 16.5. The lowest BCUT2D eigenvalue weighted by Gasteiger charge is -2.20. The van der Waals surface area contributed by atoms with Gasteiger partial charge in [-0.1, -0.05) is 35.5 Å². The minimum atomic E-state index is -0.252. The molecular weight excluding hydrogens is 214 g/mol. The van der Waals surface area contributed by atoms with E-state index in [1.54, 1.807) is 0 Å². The van der Waals surface area contributed by atoms with Gasteiger partial charge in [0.1, 0.15) is 0 Å². The fraction of sp³-hybridized carbons (Fsp3) is 0.385. The summed E-state index contributed by atoms with van der Waals surface area (Å²) in [6, 6.07) is 10.2. The Labute approximate surface area is 101 Å². The van der Waals surface area contributed by atoms with Crippen molar-refractivity contribution in [3.8, 4) is 0 Å². The van der Waals surface area contributed by atoms with Crippen LogP contribution in [0.1, 0.15) is 31.1 Å². The molecule has 0 atom stereocenters. The normalized spacial score (nSPS) is 11.7. The summed E-state index contributed by atoms with van der Waals surface area (Å²) in [6.07, 6.45) is 0.623. The summed E-state index contributed by atoms with van der Waals surface area (Å²) in [7, 11) is 0. The van der Waals surface area contributed by atoms with Crippen LogP contribution in [-0.2, 0) is 11.8 Å². The standard InChI is InChI=1S/C13H17N3O/c1-13(2,10-6-4-3-5-7-10)12-15-11(8-9-14)17-16-12/h3-7H,8-9,14H2,1-2H3. The molecule has 0 saturated carbocycles. The third-order valence-electron chi connectivity index (χ3n) is 2.88. The number of nitrogens with zero attached hydrogens (tertiary/aromatic N) is 2. The maximum atomic E-state index is 5.46. The quantitative estimate of drug-likeness (QED) is 0.872. The Balaban J connectivity index is 2.31. The molecule has 1 heterocycles. The van der Waals surface area contributed by atoms with E-state index in [1.165, 1.54) is 5.56 Å². The lowest BCUT2D eigenvalue weighted by atomic mass is 9.84. The molecule has 17 heavy (non-hydrogen) atoms. The third kappa shape index (κ3) is 2.36. The van der Waals surface area contributed by atoms with Gasteiger partial charge in [0.25, 0.3) is 0 Å².